The summed E-state index contributed by atoms with van der Waals surface area (Å²) >= 11 is 1.94. The number of halogens is 1. The van der Waals surface area contributed by atoms with Gasteiger partial charge in [-0.05, 0) is 50.1 Å². The summed E-state index contributed by atoms with van der Waals surface area (Å²) < 4.78 is 25.5. The molecular formula is C18H31IN4O2S2. The number of rotatable bonds is 7. The number of hydrogen-bond acceptors (Lipinski definition) is 4. The van der Waals surface area contributed by atoms with Gasteiger partial charge in [-0.15, -0.1) is 24.0 Å². The fourth-order valence-corrected chi connectivity index (χ4v) is 4.64. The van der Waals surface area contributed by atoms with Gasteiger partial charge in [0.2, 0.25) is 10.0 Å². The number of aliphatic imine (C=N–C) groups is 1. The smallest absolute Gasteiger partial charge is 0.242 e. The van der Waals surface area contributed by atoms with Gasteiger partial charge in [-0.1, -0.05) is 12.1 Å². The molecule has 0 radical (unpaired) electrons. The van der Waals surface area contributed by atoms with E-state index in [0.29, 0.717) is 17.5 Å². The van der Waals surface area contributed by atoms with Crippen LogP contribution in [0.5, 0.6) is 0 Å². The average Bonchev–Trinajstić information content (AvgIpc) is 3.07. The van der Waals surface area contributed by atoms with Crippen LogP contribution in [0.25, 0.3) is 0 Å². The maximum absolute atomic E-state index is 12.1. The van der Waals surface area contributed by atoms with Gasteiger partial charge in [-0.3, -0.25) is 0 Å². The molecule has 0 spiro atoms. The molecule has 0 aromatic heterocycles. The molecule has 0 amide bonds. The van der Waals surface area contributed by atoms with E-state index in [1.807, 2.05) is 23.9 Å². The number of sulfonamides is 1. The molecule has 154 valence electrons. The lowest BCUT2D eigenvalue weighted by atomic mass is 10.2. The second-order valence-corrected chi connectivity index (χ2v) is 9.93. The Bertz CT molecular complexity index is 709. The van der Waals surface area contributed by atoms with Crippen LogP contribution in [0, 0.1) is 0 Å². The van der Waals surface area contributed by atoms with E-state index in [1.54, 1.807) is 12.1 Å². The van der Waals surface area contributed by atoms with E-state index < -0.39 is 10.0 Å². The molecule has 1 aromatic carbocycles. The maximum Gasteiger partial charge on any atom is 0.242 e. The Balaban J connectivity index is 0.00000364. The molecule has 9 heteroatoms. The van der Waals surface area contributed by atoms with Crippen molar-refractivity contribution in [1.29, 1.82) is 0 Å². The van der Waals surface area contributed by atoms with Crippen molar-refractivity contribution in [1.82, 2.24) is 14.9 Å². The van der Waals surface area contributed by atoms with E-state index >= 15 is 0 Å². The summed E-state index contributed by atoms with van der Waals surface area (Å²) in [5.41, 5.74) is 0.980. The molecule has 2 unspecified atom stereocenters. The molecule has 1 saturated carbocycles. The Morgan fingerprint density at radius 2 is 1.93 bits per heavy atom. The second-order valence-electron chi connectivity index (χ2n) is 6.64. The monoisotopic (exact) mass is 526 g/mol. The minimum Gasteiger partial charge on any atom is -0.357 e. The van der Waals surface area contributed by atoms with Gasteiger partial charge in [0.05, 0.1) is 11.4 Å². The molecule has 2 rings (SSSR count). The van der Waals surface area contributed by atoms with E-state index in [4.69, 9.17) is 0 Å². The third kappa shape index (κ3) is 7.10. The third-order valence-electron chi connectivity index (χ3n) is 4.52. The highest BCUT2D eigenvalue weighted by Crippen LogP contribution is 2.28. The van der Waals surface area contributed by atoms with Gasteiger partial charge in [0.25, 0.3) is 0 Å². The predicted octanol–water partition coefficient (Wildman–Crippen LogP) is 2.89. The Hall–Kier alpha value is -0.520. The van der Waals surface area contributed by atoms with Crippen LogP contribution in [-0.2, 0) is 16.6 Å². The molecule has 0 saturated heterocycles. The first kappa shape index (κ1) is 24.5. The summed E-state index contributed by atoms with van der Waals surface area (Å²) in [5, 5.41) is 7.56. The van der Waals surface area contributed by atoms with Gasteiger partial charge < -0.3 is 10.6 Å². The van der Waals surface area contributed by atoms with Gasteiger partial charge >= 0.3 is 0 Å². The van der Waals surface area contributed by atoms with Crippen molar-refractivity contribution in [2.45, 2.75) is 48.9 Å². The van der Waals surface area contributed by atoms with E-state index in [-0.39, 0.29) is 24.0 Å². The molecule has 0 bridgehead atoms. The molecular weight excluding hydrogens is 495 g/mol. The number of hydrogen-bond donors (Lipinski definition) is 2. The van der Waals surface area contributed by atoms with Crippen LogP contribution >= 0.6 is 35.7 Å². The summed E-state index contributed by atoms with van der Waals surface area (Å²) in [4.78, 5) is 4.95. The minimum absolute atomic E-state index is 0. The molecule has 27 heavy (non-hydrogen) atoms. The fraction of sp³-hybridized carbons (Fsp3) is 0.611. The van der Waals surface area contributed by atoms with Crippen molar-refractivity contribution in [3.63, 3.8) is 0 Å². The SMILES string of the molecule is CCNC(=NCc1ccc(S(=O)(=O)N(C)C)cc1)NC1CCC(SC)C1.I. The zero-order valence-corrected chi connectivity index (χ0v) is 20.4. The molecule has 2 atom stereocenters. The van der Waals surface area contributed by atoms with Crippen LogP contribution in [0.1, 0.15) is 31.7 Å². The van der Waals surface area contributed by atoms with E-state index in [0.717, 1.165) is 23.3 Å². The highest BCUT2D eigenvalue weighted by Gasteiger charge is 2.24. The minimum atomic E-state index is -3.39. The lowest BCUT2D eigenvalue weighted by molar-refractivity contribution is 0.520. The van der Waals surface area contributed by atoms with Crippen LogP contribution in [0.4, 0.5) is 0 Å². The number of nitrogens with one attached hydrogen (secondary N) is 2. The Kier molecular flexibility index (Phi) is 10.4. The lowest BCUT2D eigenvalue weighted by Crippen LogP contribution is -2.42. The molecule has 1 aliphatic rings. The Labute approximate surface area is 185 Å². The van der Waals surface area contributed by atoms with Gasteiger partial charge in [-0.25, -0.2) is 17.7 Å². The van der Waals surface area contributed by atoms with E-state index in [9.17, 15) is 8.42 Å². The van der Waals surface area contributed by atoms with E-state index in [2.05, 4.69) is 28.8 Å². The second kappa shape index (κ2) is 11.5. The molecule has 1 aliphatic carbocycles. The highest BCUT2D eigenvalue weighted by molar-refractivity contribution is 14.0. The first-order valence-corrected chi connectivity index (χ1v) is 11.7. The number of benzene rings is 1. The number of thioether (sulfide) groups is 1. The van der Waals surface area contributed by atoms with Crippen molar-refractivity contribution < 1.29 is 8.42 Å². The van der Waals surface area contributed by atoms with Gasteiger partial charge in [0.1, 0.15) is 0 Å². The van der Waals surface area contributed by atoms with Gasteiger partial charge in [0, 0.05) is 31.9 Å². The Morgan fingerprint density at radius 3 is 2.44 bits per heavy atom. The van der Waals surface area contributed by atoms with Crippen LogP contribution in [0.3, 0.4) is 0 Å². The van der Waals surface area contributed by atoms with Crippen LogP contribution < -0.4 is 10.6 Å². The van der Waals surface area contributed by atoms with E-state index in [1.165, 1.54) is 37.7 Å². The normalized spacial score (nSPS) is 20.4. The average molecular weight is 527 g/mol. The van der Waals surface area contributed by atoms with Crippen LogP contribution in [0.15, 0.2) is 34.2 Å². The summed E-state index contributed by atoms with van der Waals surface area (Å²) in [5.74, 6) is 0.823. The topological polar surface area (TPSA) is 73.8 Å². The molecule has 2 N–H and O–H groups in total. The summed E-state index contributed by atoms with van der Waals surface area (Å²) in [6.45, 7) is 3.37. The summed E-state index contributed by atoms with van der Waals surface area (Å²) in [6.07, 6.45) is 5.77. The van der Waals surface area contributed by atoms with Crippen LogP contribution in [0.2, 0.25) is 0 Å². The van der Waals surface area contributed by atoms with Crippen molar-refractivity contribution in [3.05, 3.63) is 29.8 Å². The van der Waals surface area contributed by atoms with Crippen molar-refractivity contribution >= 4 is 51.7 Å². The summed E-state index contributed by atoms with van der Waals surface area (Å²) in [7, 11) is -0.318. The maximum atomic E-state index is 12.1. The van der Waals surface area contributed by atoms with Crippen molar-refractivity contribution in [2.75, 3.05) is 26.9 Å². The van der Waals surface area contributed by atoms with Crippen LogP contribution in [-0.4, -0.2) is 56.9 Å². The Morgan fingerprint density at radius 1 is 1.26 bits per heavy atom. The zero-order chi connectivity index (χ0) is 19.2. The third-order valence-corrected chi connectivity index (χ3v) is 7.45. The molecule has 1 fully saturated rings. The lowest BCUT2D eigenvalue weighted by Gasteiger charge is -2.17. The molecule has 6 nitrogen and oxygen atoms in total. The van der Waals surface area contributed by atoms with Crippen molar-refractivity contribution in [3.8, 4) is 0 Å². The zero-order valence-electron chi connectivity index (χ0n) is 16.4. The standard InChI is InChI=1S/C18H30N4O2S2.HI/c1-5-19-18(21-15-8-9-16(12-15)25-4)20-13-14-6-10-17(11-7-14)26(23,24)22(2)3;/h6-7,10-11,15-16H,5,8-9,12-13H2,1-4H3,(H2,19,20,21);1H. The van der Waals surface area contributed by atoms with Gasteiger partial charge in [-0.2, -0.15) is 11.8 Å². The fourth-order valence-electron chi connectivity index (χ4n) is 2.95. The molecule has 0 aliphatic heterocycles. The summed E-state index contributed by atoms with van der Waals surface area (Å²) in [6, 6.07) is 7.39. The van der Waals surface area contributed by atoms with Crippen molar-refractivity contribution in [2.24, 2.45) is 4.99 Å². The quantitative estimate of drug-likeness (QED) is 0.325. The highest BCUT2D eigenvalue weighted by atomic mass is 127. The largest absolute Gasteiger partial charge is 0.357 e. The molecule has 0 heterocycles. The predicted molar refractivity (Wildman–Crippen MR) is 126 cm³/mol. The first-order chi connectivity index (χ1) is 12.4. The number of nitrogens with zero attached hydrogens (tertiary/aromatic N) is 2. The first-order valence-electron chi connectivity index (χ1n) is 8.96. The van der Waals surface area contributed by atoms with Gasteiger partial charge in [0.15, 0.2) is 5.96 Å². The number of guanidine groups is 1. The molecule has 1 aromatic rings.